The molecule has 1 amide bonds. The fraction of sp³-hybridized carbons (Fsp3) is 0.529. The zero-order valence-electron chi connectivity index (χ0n) is 13.6. The van der Waals surface area contributed by atoms with E-state index in [1.54, 1.807) is 0 Å². The summed E-state index contributed by atoms with van der Waals surface area (Å²) >= 11 is 0. The van der Waals surface area contributed by atoms with Crippen molar-refractivity contribution < 1.29 is 27.9 Å². The number of carboxylic acids is 1. The standard InChI is InChI=1S/C15H20N2O.C2HF3O2/c16-13-8-14(9-13)17-15(18)7-10-4-5-11-2-1-3-12(11)6-10;3-2(4,5)1(6)7/h4-6,13-14H,1-3,7-9,16H2,(H,17,18);(H,6,7). The Hall–Kier alpha value is -2.09. The van der Waals surface area contributed by atoms with Gasteiger partial charge in [-0.05, 0) is 48.8 Å². The molecule has 2 aliphatic rings. The van der Waals surface area contributed by atoms with Crippen molar-refractivity contribution >= 4 is 11.9 Å². The maximum atomic E-state index is 11.9. The Labute approximate surface area is 143 Å². The maximum Gasteiger partial charge on any atom is 0.490 e. The zero-order valence-corrected chi connectivity index (χ0v) is 13.6. The van der Waals surface area contributed by atoms with E-state index in [9.17, 15) is 18.0 Å². The zero-order chi connectivity index (χ0) is 18.6. The van der Waals surface area contributed by atoms with Crippen LogP contribution in [0.15, 0.2) is 18.2 Å². The van der Waals surface area contributed by atoms with Crippen molar-refractivity contribution in [3.8, 4) is 0 Å². The molecule has 0 aromatic heterocycles. The molecular formula is C17H21F3N2O3. The molecule has 1 fully saturated rings. The second-order valence-corrected chi connectivity index (χ2v) is 6.43. The maximum absolute atomic E-state index is 11.9. The summed E-state index contributed by atoms with van der Waals surface area (Å²) < 4.78 is 31.7. The van der Waals surface area contributed by atoms with Crippen LogP contribution in [0.25, 0.3) is 0 Å². The Bertz CT molecular complexity index is 641. The van der Waals surface area contributed by atoms with E-state index in [-0.39, 0.29) is 11.9 Å². The Balaban J connectivity index is 0.000000277. The number of hydrogen-bond donors (Lipinski definition) is 3. The molecule has 1 aromatic carbocycles. The minimum absolute atomic E-state index is 0.129. The quantitative estimate of drug-likeness (QED) is 0.770. The van der Waals surface area contributed by atoms with E-state index < -0.39 is 12.1 Å². The fourth-order valence-corrected chi connectivity index (χ4v) is 2.98. The van der Waals surface area contributed by atoms with E-state index in [0.717, 1.165) is 18.4 Å². The van der Waals surface area contributed by atoms with Crippen LogP contribution in [0.1, 0.15) is 36.0 Å². The lowest BCUT2D eigenvalue weighted by atomic mass is 9.87. The van der Waals surface area contributed by atoms with Crippen molar-refractivity contribution in [2.75, 3.05) is 0 Å². The molecule has 8 heteroatoms. The number of carboxylic acid groups (broad SMARTS) is 1. The molecule has 3 rings (SSSR count). The number of nitrogens with two attached hydrogens (primary N) is 1. The van der Waals surface area contributed by atoms with Crippen molar-refractivity contribution in [1.82, 2.24) is 5.32 Å². The van der Waals surface area contributed by atoms with E-state index in [2.05, 4.69) is 23.5 Å². The number of aliphatic carboxylic acids is 1. The van der Waals surface area contributed by atoms with E-state index in [0.29, 0.717) is 12.5 Å². The van der Waals surface area contributed by atoms with Crippen molar-refractivity contribution in [3.63, 3.8) is 0 Å². The number of alkyl halides is 3. The Morgan fingerprint density at radius 3 is 2.36 bits per heavy atom. The van der Waals surface area contributed by atoms with Gasteiger partial charge in [0.25, 0.3) is 0 Å². The highest BCUT2D eigenvalue weighted by Crippen LogP contribution is 2.23. The molecule has 0 radical (unpaired) electrons. The van der Waals surface area contributed by atoms with E-state index in [1.165, 1.54) is 30.4 Å². The van der Waals surface area contributed by atoms with Gasteiger partial charge in [-0.15, -0.1) is 0 Å². The Morgan fingerprint density at radius 1 is 1.20 bits per heavy atom. The molecule has 1 aromatic rings. The molecule has 0 heterocycles. The summed E-state index contributed by atoms with van der Waals surface area (Å²) in [6.45, 7) is 0. The van der Waals surface area contributed by atoms with Crippen LogP contribution >= 0.6 is 0 Å². The summed E-state index contributed by atoms with van der Waals surface area (Å²) in [7, 11) is 0. The van der Waals surface area contributed by atoms with Crippen LogP contribution in [-0.4, -0.2) is 35.2 Å². The minimum Gasteiger partial charge on any atom is -0.475 e. The molecule has 5 nitrogen and oxygen atoms in total. The highest BCUT2D eigenvalue weighted by atomic mass is 19.4. The van der Waals surface area contributed by atoms with Gasteiger partial charge in [0.05, 0.1) is 6.42 Å². The van der Waals surface area contributed by atoms with Crippen LogP contribution < -0.4 is 11.1 Å². The van der Waals surface area contributed by atoms with Crippen molar-refractivity contribution in [1.29, 1.82) is 0 Å². The minimum atomic E-state index is -5.08. The van der Waals surface area contributed by atoms with Gasteiger partial charge in [0.15, 0.2) is 0 Å². The molecule has 0 aliphatic heterocycles. The van der Waals surface area contributed by atoms with E-state index in [1.807, 2.05) is 0 Å². The normalized spacial score (nSPS) is 21.4. The van der Waals surface area contributed by atoms with E-state index >= 15 is 0 Å². The summed E-state index contributed by atoms with van der Waals surface area (Å²) in [5.41, 5.74) is 9.74. The van der Waals surface area contributed by atoms with Gasteiger partial charge in [-0.1, -0.05) is 18.2 Å². The van der Waals surface area contributed by atoms with Crippen molar-refractivity contribution in [2.45, 2.75) is 56.8 Å². The average Bonchev–Trinajstić information content (AvgIpc) is 2.92. The van der Waals surface area contributed by atoms with Gasteiger partial charge < -0.3 is 16.2 Å². The number of carbonyl (C=O) groups excluding carboxylic acids is 1. The molecule has 0 saturated heterocycles. The number of rotatable bonds is 3. The summed E-state index contributed by atoms with van der Waals surface area (Å²) in [4.78, 5) is 20.8. The van der Waals surface area contributed by atoms with E-state index in [4.69, 9.17) is 15.6 Å². The molecule has 4 N–H and O–H groups in total. The molecule has 1 saturated carbocycles. The third-order valence-corrected chi connectivity index (χ3v) is 4.31. The van der Waals surface area contributed by atoms with Gasteiger partial charge in [0.1, 0.15) is 0 Å². The molecule has 0 bridgehead atoms. The van der Waals surface area contributed by atoms with Crippen LogP contribution in [0.3, 0.4) is 0 Å². The number of carbonyl (C=O) groups is 2. The summed E-state index contributed by atoms with van der Waals surface area (Å²) in [6.07, 6.45) is 0.889. The first-order valence-electron chi connectivity index (χ1n) is 8.11. The fourth-order valence-electron chi connectivity index (χ4n) is 2.98. The largest absolute Gasteiger partial charge is 0.490 e. The highest BCUT2D eigenvalue weighted by molar-refractivity contribution is 5.79. The van der Waals surface area contributed by atoms with Gasteiger partial charge in [0, 0.05) is 12.1 Å². The summed E-state index contributed by atoms with van der Waals surface area (Å²) in [6, 6.07) is 7.08. The van der Waals surface area contributed by atoms with Gasteiger partial charge >= 0.3 is 12.1 Å². The lowest BCUT2D eigenvalue weighted by molar-refractivity contribution is -0.192. The van der Waals surface area contributed by atoms with Crippen LogP contribution in [0, 0.1) is 0 Å². The SMILES string of the molecule is NC1CC(NC(=O)Cc2ccc3c(c2)CCC3)C1.O=C(O)C(F)(F)F. The number of fused-ring (bicyclic) bond motifs is 1. The number of aryl methyl sites for hydroxylation is 2. The number of halogens is 3. The van der Waals surface area contributed by atoms with Crippen molar-refractivity contribution in [3.05, 3.63) is 34.9 Å². The van der Waals surface area contributed by atoms with Gasteiger partial charge in [-0.2, -0.15) is 13.2 Å². The highest BCUT2D eigenvalue weighted by Gasteiger charge is 2.38. The molecule has 25 heavy (non-hydrogen) atoms. The van der Waals surface area contributed by atoms with Gasteiger partial charge in [-0.25, -0.2) is 4.79 Å². The third kappa shape index (κ3) is 5.74. The second kappa shape index (κ2) is 7.86. The first-order chi connectivity index (χ1) is 11.6. The smallest absolute Gasteiger partial charge is 0.475 e. The molecule has 0 spiro atoms. The topological polar surface area (TPSA) is 92.4 Å². The first-order valence-corrected chi connectivity index (χ1v) is 8.11. The van der Waals surface area contributed by atoms with Gasteiger partial charge in [0.2, 0.25) is 5.91 Å². The van der Waals surface area contributed by atoms with Crippen LogP contribution in [0.5, 0.6) is 0 Å². The number of nitrogens with one attached hydrogen (secondary N) is 1. The summed E-state index contributed by atoms with van der Waals surface area (Å²) in [5.74, 6) is -2.63. The molecule has 0 unspecified atom stereocenters. The van der Waals surface area contributed by atoms with Gasteiger partial charge in [-0.3, -0.25) is 4.79 Å². The molecule has 138 valence electrons. The first kappa shape index (κ1) is 19.2. The van der Waals surface area contributed by atoms with Crippen LogP contribution in [0.4, 0.5) is 13.2 Å². The monoisotopic (exact) mass is 358 g/mol. The number of amides is 1. The van der Waals surface area contributed by atoms with Crippen LogP contribution in [-0.2, 0) is 28.9 Å². The second-order valence-electron chi connectivity index (χ2n) is 6.43. The molecule has 0 atom stereocenters. The number of hydrogen-bond acceptors (Lipinski definition) is 3. The predicted octanol–water partition coefficient (Wildman–Crippen LogP) is 1.96. The Morgan fingerprint density at radius 2 is 1.80 bits per heavy atom. The molecular weight excluding hydrogens is 337 g/mol. The lowest BCUT2D eigenvalue weighted by Gasteiger charge is -2.33. The Kier molecular flexibility index (Phi) is 6.05. The summed E-state index contributed by atoms with van der Waals surface area (Å²) in [5, 5.41) is 10.2. The molecule has 2 aliphatic carbocycles. The van der Waals surface area contributed by atoms with Crippen molar-refractivity contribution in [2.24, 2.45) is 5.73 Å². The third-order valence-electron chi connectivity index (χ3n) is 4.31. The van der Waals surface area contributed by atoms with Crippen LogP contribution in [0.2, 0.25) is 0 Å². The average molecular weight is 358 g/mol. The number of benzene rings is 1. The lowest BCUT2D eigenvalue weighted by Crippen LogP contribution is -2.50. The predicted molar refractivity (Wildman–Crippen MR) is 85.0 cm³/mol.